The Kier molecular flexibility index (Phi) is 6.92. The number of ether oxygens (including phenoxy) is 3. The Morgan fingerprint density at radius 1 is 1.19 bits per heavy atom. The second-order valence-corrected chi connectivity index (χ2v) is 6.22. The summed E-state index contributed by atoms with van der Waals surface area (Å²) < 4.78 is 15.3. The maximum absolute atomic E-state index is 12.4. The van der Waals surface area contributed by atoms with Crippen molar-refractivity contribution in [3.63, 3.8) is 0 Å². The van der Waals surface area contributed by atoms with Gasteiger partial charge in [-0.15, -0.1) is 0 Å². The third kappa shape index (κ3) is 5.54. The van der Waals surface area contributed by atoms with Gasteiger partial charge in [0, 0.05) is 12.0 Å². The van der Waals surface area contributed by atoms with Gasteiger partial charge < -0.3 is 14.2 Å². The molecular weight excluding hydrogens is 354 g/mol. The smallest absolute Gasteiger partial charge is 0.326 e. The molecule has 0 aromatic heterocycles. The minimum Gasteiger partial charge on any atom is -0.482 e. The van der Waals surface area contributed by atoms with E-state index in [1.54, 1.807) is 32.9 Å². The number of rotatable bonds is 8. The molecule has 0 aliphatic carbocycles. The molecule has 1 aliphatic heterocycles. The Morgan fingerprint density at radius 3 is 2.59 bits per heavy atom. The van der Waals surface area contributed by atoms with E-state index in [2.05, 4.69) is 0 Å². The molecule has 0 radical (unpaired) electrons. The number of Topliss-reactive ketones (excluding diaryl/α,β-unsaturated/α-hetero) is 1. The molecule has 0 unspecified atom stereocenters. The number of esters is 2. The lowest BCUT2D eigenvalue weighted by molar-refractivity contribution is -0.146. The number of amides is 1. The molecule has 0 spiro atoms. The summed E-state index contributed by atoms with van der Waals surface area (Å²) in [6.45, 7) is 4.92. The first-order valence-corrected chi connectivity index (χ1v) is 8.77. The molecule has 1 aliphatic rings. The van der Waals surface area contributed by atoms with Gasteiger partial charge in [0.15, 0.2) is 12.4 Å². The van der Waals surface area contributed by atoms with Crippen LogP contribution in [0.25, 0.3) is 0 Å². The van der Waals surface area contributed by atoms with Gasteiger partial charge in [-0.25, -0.2) is 0 Å². The fourth-order valence-corrected chi connectivity index (χ4v) is 2.57. The number of anilines is 1. The van der Waals surface area contributed by atoms with Crippen LogP contribution in [0.3, 0.4) is 0 Å². The molecule has 2 rings (SSSR count). The van der Waals surface area contributed by atoms with Crippen LogP contribution in [-0.4, -0.2) is 49.5 Å². The molecule has 0 saturated heterocycles. The predicted molar refractivity (Wildman–Crippen MR) is 95.7 cm³/mol. The quantitative estimate of drug-likeness (QED) is 0.504. The number of hydrogen-bond donors (Lipinski definition) is 0. The van der Waals surface area contributed by atoms with Crippen LogP contribution in [0, 0.1) is 0 Å². The average molecular weight is 377 g/mol. The Morgan fingerprint density at radius 2 is 1.93 bits per heavy atom. The van der Waals surface area contributed by atoms with Gasteiger partial charge in [0.05, 0.1) is 24.8 Å². The van der Waals surface area contributed by atoms with Crippen molar-refractivity contribution < 1.29 is 33.4 Å². The van der Waals surface area contributed by atoms with Gasteiger partial charge in [0.25, 0.3) is 5.91 Å². The van der Waals surface area contributed by atoms with Crippen molar-refractivity contribution in [3.05, 3.63) is 23.8 Å². The molecule has 1 amide bonds. The fourth-order valence-electron chi connectivity index (χ4n) is 2.57. The second-order valence-electron chi connectivity index (χ2n) is 6.22. The highest BCUT2D eigenvalue weighted by molar-refractivity contribution is 6.04. The van der Waals surface area contributed by atoms with Gasteiger partial charge in [-0.1, -0.05) is 0 Å². The van der Waals surface area contributed by atoms with Crippen LogP contribution in [0.1, 0.15) is 44.0 Å². The van der Waals surface area contributed by atoms with E-state index in [0.717, 1.165) is 0 Å². The monoisotopic (exact) mass is 377 g/mol. The van der Waals surface area contributed by atoms with Gasteiger partial charge in [-0.2, -0.15) is 0 Å². The maximum atomic E-state index is 12.4. The van der Waals surface area contributed by atoms with Crippen LogP contribution in [0.5, 0.6) is 5.75 Å². The van der Waals surface area contributed by atoms with Crippen molar-refractivity contribution in [2.75, 3.05) is 24.7 Å². The lowest BCUT2D eigenvalue weighted by atomic mass is 10.0. The molecule has 0 bridgehead atoms. The molecule has 1 aromatic carbocycles. The number of hydrogen-bond acceptors (Lipinski definition) is 7. The number of ketones is 1. The van der Waals surface area contributed by atoms with E-state index < -0.39 is 17.8 Å². The second kappa shape index (κ2) is 9.16. The molecule has 0 N–H and O–H groups in total. The molecule has 0 fully saturated rings. The summed E-state index contributed by atoms with van der Waals surface area (Å²) in [5, 5.41) is 0. The lowest BCUT2D eigenvalue weighted by Crippen LogP contribution is -2.42. The molecule has 146 valence electrons. The van der Waals surface area contributed by atoms with Gasteiger partial charge in [-0.3, -0.25) is 24.1 Å². The molecule has 1 aromatic rings. The third-order valence-electron chi connectivity index (χ3n) is 3.74. The Balaban J connectivity index is 2.16. The van der Waals surface area contributed by atoms with E-state index in [4.69, 9.17) is 14.2 Å². The number of benzene rings is 1. The summed E-state index contributed by atoms with van der Waals surface area (Å²) in [6.07, 6.45) is -0.338. The minimum absolute atomic E-state index is 0.0121. The van der Waals surface area contributed by atoms with Crippen molar-refractivity contribution in [1.82, 2.24) is 0 Å². The van der Waals surface area contributed by atoms with E-state index >= 15 is 0 Å². The van der Waals surface area contributed by atoms with Crippen LogP contribution in [0.15, 0.2) is 18.2 Å². The molecular formula is C19H23NO7. The van der Waals surface area contributed by atoms with Crippen LogP contribution in [0.2, 0.25) is 0 Å². The van der Waals surface area contributed by atoms with Crippen molar-refractivity contribution >= 4 is 29.3 Å². The number of nitrogens with zero attached hydrogens (tertiary/aromatic N) is 1. The van der Waals surface area contributed by atoms with Crippen LogP contribution in [0.4, 0.5) is 5.69 Å². The normalized spacial score (nSPS) is 13.0. The fraction of sp³-hybridized carbons (Fsp3) is 0.474. The predicted octanol–water partition coefficient (Wildman–Crippen LogP) is 1.89. The molecule has 0 atom stereocenters. The first-order valence-electron chi connectivity index (χ1n) is 8.77. The SMILES string of the molecule is CCOC(=O)CCC(=O)c1ccc2c(c1)N(CC(=O)OC(C)C)C(=O)CO2. The van der Waals surface area contributed by atoms with Crippen LogP contribution >= 0.6 is 0 Å². The number of fused-ring (bicyclic) bond motifs is 1. The Labute approximate surface area is 157 Å². The average Bonchev–Trinajstić information content (AvgIpc) is 2.61. The number of carbonyl (C=O) groups excluding carboxylic acids is 4. The first-order chi connectivity index (χ1) is 12.8. The summed E-state index contributed by atoms with van der Waals surface area (Å²) in [6, 6.07) is 4.62. The standard InChI is InChI=1S/C19H23NO7/c1-4-25-18(23)8-6-15(21)13-5-7-16-14(9-13)20(17(22)11-26-16)10-19(24)27-12(2)3/h5,7,9,12H,4,6,8,10-11H2,1-3H3. The van der Waals surface area contributed by atoms with Crippen molar-refractivity contribution in [1.29, 1.82) is 0 Å². The largest absolute Gasteiger partial charge is 0.482 e. The highest BCUT2D eigenvalue weighted by atomic mass is 16.5. The van der Waals surface area contributed by atoms with E-state index in [0.29, 0.717) is 17.0 Å². The molecule has 1 heterocycles. The topological polar surface area (TPSA) is 99.2 Å². The maximum Gasteiger partial charge on any atom is 0.326 e. The summed E-state index contributed by atoms with van der Waals surface area (Å²) in [7, 11) is 0. The summed E-state index contributed by atoms with van der Waals surface area (Å²) in [4.78, 5) is 49.2. The van der Waals surface area contributed by atoms with Crippen molar-refractivity contribution in [2.24, 2.45) is 0 Å². The molecule has 8 nitrogen and oxygen atoms in total. The highest BCUT2D eigenvalue weighted by Crippen LogP contribution is 2.33. The zero-order valence-corrected chi connectivity index (χ0v) is 15.6. The summed E-state index contributed by atoms with van der Waals surface area (Å²) in [5.41, 5.74) is 0.646. The first kappa shape index (κ1) is 20.4. The Hall–Kier alpha value is -2.90. The Bertz CT molecular complexity index is 742. The zero-order valence-electron chi connectivity index (χ0n) is 15.6. The summed E-state index contributed by atoms with van der Waals surface area (Å²) in [5.74, 6) is -1.27. The molecule has 0 saturated carbocycles. The van der Waals surface area contributed by atoms with E-state index in [1.165, 1.54) is 11.0 Å². The van der Waals surface area contributed by atoms with E-state index in [9.17, 15) is 19.2 Å². The van der Waals surface area contributed by atoms with Gasteiger partial charge in [0.2, 0.25) is 0 Å². The van der Waals surface area contributed by atoms with Gasteiger partial charge in [-0.05, 0) is 39.0 Å². The lowest BCUT2D eigenvalue weighted by Gasteiger charge is -2.29. The van der Waals surface area contributed by atoms with E-state index in [1.807, 2.05) is 0 Å². The van der Waals surface area contributed by atoms with Gasteiger partial charge >= 0.3 is 11.9 Å². The van der Waals surface area contributed by atoms with Crippen LogP contribution < -0.4 is 9.64 Å². The van der Waals surface area contributed by atoms with E-state index in [-0.39, 0.29) is 44.5 Å². The minimum atomic E-state index is -0.551. The third-order valence-corrected chi connectivity index (χ3v) is 3.74. The van der Waals surface area contributed by atoms with Crippen LogP contribution in [-0.2, 0) is 23.9 Å². The zero-order chi connectivity index (χ0) is 20.0. The highest BCUT2D eigenvalue weighted by Gasteiger charge is 2.29. The van der Waals surface area contributed by atoms with Crippen molar-refractivity contribution in [3.8, 4) is 5.75 Å². The molecule has 8 heteroatoms. The summed E-state index contributed by atoms with van der Waals surface area (Å²) >= 11 is 0. The molecule has 27 heavy (non-hydrogen) atoms. The number of carbonyl (C=O) groups is 4. The van der Waals surface area contributed by atoms with Gasteiger partial charge in [0.1, 0.15) is 12.3 Å². The van der Waals surface area contributed by atoms with Crippen molar-refractivity contribution in [2.45, 2.75) is 39.7 Å².